The number of hydrogen-bond donors (Lipinski definition) is 3. The van der Waals surface area contributed by atoms with Crippen LogP contribution in [0.4, 0.5) is 10.6 Å². The molecule has 0 atom stereocenters. The minimum Gasteiger partial charge on any atom is -0.382 e. The van der Waals surface area contributed by atoms with Crippen LogP contribution < -0.4 is 15.8 Å². The number of urea groups is 1. The maximum absolute atomic E-state index is 12.1. The minimum atomic E-state index is -3.87. The van der Waals surface area contributed by atoms with E-state index in [2.05, 4.69) is 15.3 Å². The van der Waals surface area contributed by atoms with Crippen LogP contribution in [0.3, 0.4) is 0 Å². The van der Waals surface area contributed by atoms with Gasteiger partial charge in [0.15, 0.2) is 5.82 Å². The van der Waals surface area contributed by atoms with Crippen molar-refractivity contribution in [2.45, 2.75) is 38.1 Å². The van der Waals surface area contributed by atoms with E-state index in [0.29, 0.717) is 30.8 Å². The number of nitrogens with two attached hydrogens (primary N) is 1. The highest BCUT2D eigenvalue weighted by atomic mass is 32.2. The van der Waals surface area contributed by atoms with Gasteiger partial charge >= 0.3 is 6.03 Å². The molecule has 0 aliphatic carbocycles. The van der Waals surface area contributed by atoms with Gasteiger partial charge in [-0.1, -0.05) is 18.2 Å². The number of imidazole rings is 1. The third-order valence-electron chi connectivity index (χ3n) is 4.66. The molecular weight excluding hydrogens is 392 g/mol. The van der Waals surface area contributed by atoms with E-state index < -0.39 is 16.1 Å². The lowest BCUT2D eigenvalue weighted by Crippen LogP contribution is -2.39. The van der Waals surface area contributed by atoms with Gasteiger partial charge in [0.2, 0.25) is 0 Å². The molecule has 0 spiro atoms. The number of nitrogen functional groups attached to an aromatic ring is 1. The van der Waals surface area contributed by atoms with Crippen molar-refractivity contribution < 1.29 is 13.2 Å². The average molecular weight is 417 g/mol. The number of hydrogen-bond acceptors (Lipinski definition) is 6. The van der Waals surface area contributed by atoms with Gasteiger partial charge in [0.05, 0.1) is 16.7 Å². The number of amides is 2. The Hall–Kier alpha value is -3.14. The number of aromatic nitrogens is 3. The van der Waals surface area contributed by atoms with Crippen LogP contribution in [0.1, 0.15) is 24.1 Å². The summed E-state index contributed by atoms with van der Waals surface area (Å²) in [6.07, 6.45) is 3.19. The number of anilines is 1. The van der Waals surface area contributed by atoms with Crippen LogP contribution in [-0.4, -0.2) is 35.5 Å². The second-order valence-corrected chi connectivity index (χ2v) is 8.41. The van der Waals surface area contributed by atoms with Crippen LogP contribution in [0.15, 0.2) is 41.6 Å². The normalized spacial score (nSPS) is 11.5. The number of pyridine rings is 1. The lowest BCUT2D eigenvalue weighted by Gasteiger charge is -2.10. The molecule has 3 rings (SSSR count). The van der Waals surface area contributed by atoms with E-state index in [1.165, 1.54) is 12.1 Å². The fourth-order valence-corrected chi connectivity index (χ4v) is 4.00. The lowest BCUT2D eigenvalue weighted by molar-refractivity contribution is 0.245. The maximum atomic E-state index is 12.1. The number of aryl methyl sites for hydroxylation is 3. The van der Waals surface area contributed by atoms with Gasteiger partial charge in [-0.3, -0.25) is 0 Å². The molecule has 2 aromatic heterocycles. The van der Waals surface area contributed by atoms with Crippen molar-refractivity contribution in [1.82, 2.24) is 24.6 Å². The van der Waals surface area contributed by atoms with E-state index in [1.54, 1.807) is 24.5 Å². The van der Waals surface area contributed by atoms with Gasteiger partial charge in [0.1, 0.15) is 5.52 Å². The van der Waals surface area contributed by atoms with Crippen molar-refractivity contribution in [2.24, 2.45) is 0 Å². The molecule has 0 saturated heterocycles. The van der Waals surface area contributed by atoms with Gasteiger partial charge in [-0.2, -0.15) is 0 Å². The summed E-state index contributed by atoms with van der Waals surface area (Å²) in [6, 6.07) is 7.01. The van der Waals surface area contributed by atoms with Crippen LogP contribution in [0.2, 0.25) is 0 Å². The van der Waals surface area contributed by atoms with Crippen molar-refractivity contribution in [1.29, 1.82) is 0 Å². The van der Waals surface area contributed by atoms with E-state index in [0.717, 1.165) is 23.2 Å². The summed E-state index contributed by atoms with van der Waals surface area (Å²) in [5, 5.41) is 2.57. The van der Waals surface area contributed by atoms with E-state index in [4.69, 9.17) is 5.73 Å². The van der Waals surface area contributed by atoms with E-state index in [-0.39, 0.29) is 4.90 Å². The number of carbonyl (C=O) groups is 1. The molecule has 9 nitrogen and oxygen atoms in total. The van der Waals surface area contributed by atoms with Gasteiger partial charge in [-0.25, -0.2) is 27.9 Å². The Morgan fingerprint density at radius 3 is 2.62 bits per heavy atom. The monoisotopic (exact) mass is 416 g/mol. The zero-order valence-electron chi connectivity index (χ0n) is 16.3. The summed E-state index contributed by atoms with van der Waals surface area (Å²) in [5.41, 5.74) is 9.52. The number of carbonyl (C=O) groups excluding carboxylic acids is 1. The van der Waals surface area contributed by atoms with Crippen LogP contribution >= 0.6 is 0 Å². The third kappa shape index (κ3) is 4.65. The summed E-state index contributed by atoms with van der Waals surface area (Å²) >= 11 is 0. The summed E-state index contributed by atoms with van der Waals surface area (Å²) in [4.78, 5) is 20.6. The summed E-state index contributed by atoms with van der Waals surface area (Å²) < 4.78 is 28.2. The molecule has 0 unspecified atom stereocenters. The van der Waals surface area contributed by atoms with Gasteiger partial charge in [0, 0.05) is 18.8 Å². The van der Waals surface area contributed by atoms with Crippen LogP contribution in [0.25, 0.3) is 11.0 Å². The topological polar surface area (TPSA) is 132 Å². The number of fused-ring (bicyclic) bond motifs is 1. The van der Waals surface area contributed by atoms with E-state index in [9.17, 15) is 13.2 Å². The number of unbranched alkanes of at least 4 members (excludes halogenated alkanes) is 1. The Kier molecular flexibility index (Phi) is 6.02. The summed E-state index contributed by atoms with van der Waals surface area (Å²) in [5.74, 6) is 0.416. The lowest BCUT2D eigenvalue weighted by atomic mass is 10.2. The standard InChI is InChI=1S/C19H24N6O3S/c1-13-14(2)23-18(20)16-17(13)25(12-22-16)11-7-6-10-21-19(26)24-29(27,28)15-8-4-3-5-9-15/h3-5,8-9,12H,6-7,10-11H2,1-2H3,(H2,20,23)(H2,21,24,26). The fraction of sp³-hybridized carbons (Fsp3) is 0.316. The minimum absolute atomic E-state index is 0.0431. The second kappa shape index (κ2) is 8.48. The molecule has 4 N–H and O–H groups in total. The number of benzene rings is 1. The van der Waals surface area contributed by atoms with Gasteiger partial charge in [-0.05, 0) is 44.4 Å². The Bertz CT molecular complexity index is 1130. The Labute approximate surface area is 169 Å². The molecule has 0 bridgehead atoms. The number of rotatable bonds is 7. The second-order valence-electron chi connectivity index (χ2n) is 6.72. The van der Waals surface area contributed by atoms with Crippen LogP contribution in [-0.2, 0) is 16.6 Å². The molecule has 0 aliphatic rings. The van der Waals surface area contributed by atoms with Crippen molar-refractivity contribution in [2.75, 3.05) is 12.3 Å². The zero-order chi connectivity index (χ0) is 21.0. The highest BCUT2D eigenvalue weighted by molar-refractivity contribution is 7.90. The smallest absolute Gasteiger partial charge is 0.328 e. The van der Waals surface area contributed by atoms with Crippen LogP contribution in [0, 0.1) is 13.8 Å². The third-order valence-corrected chi connectivity index (χ3v) is 6.01. The molecule has 1 aromatic carbocycles. The molecular formula is C19H24N6O3S. The highest BCUT2D eigenvalue weighted by Crippen LogP contribution is 2.24. The van der Waals surface area contributed by atoms with Crippen molar-refractivity contribution in [3.8, 4) is 0 Å². The molecule has 3 aromatic rings. The maximum Gasteiger partial charge on any atom is 0.328 e. The number of nitrogens with one attached hydrogen (secondary N) is 2. The molecule has 10 heteroatoms. The van der Waals surface area contributed by atoms with Gasteiger partial charge in [0.25, 0.3) is 10.0 Å². The summed E-state index contributed by atoms with van der Waals surface area (Å²) in [6.45, 7) is 4.95. The molecule has 0 aliphatic heterocycles. The predicted octanol–water partition coefficient (Wildman–Crippen LogP) is 2.10. The molecule has 29 heavy (non-hydrogen) atoms. The molecule has 0 fully saturated rings. The quantitative estimate of drug-likeness (QED) is 0.505. The first-order valence-electron chi connectivity index (χ1n) is 9.23. The summed E-state index contributed by atoms with van der Waals surface area (Å²) in [7, 11) is -3.87. The fourth-order valence-electron chi connectivity index (χ4n) is 3.05. The van der Waals surface area contributed by atoms with Crippen LogP contribution in [0.5, 0.6) is 0 Å². The molecule has 0 saturated carbocycles. The average Bonchev–Trinajstić information content (AvgIpc) is 3.11. The largest absolute Gasteiger partial charge is 0.382 e. The highest BCUT2D eigenvalue weighted by Gasteiger charge is 2.16. The number of nitrogens with zero attached hydrogens (tertiary/aromatic N) is 3. The molecule has 2 heterocycles. The molecule has 154 valence electrons. The zero-order valence-corrected chi connectivity index (χ0v) is 17.2. The Balaban J connectivity index is 1.49. The van der Waals surface area contributed by atoms with Gasteiger partial charge < -0.3 is 15.6 Å². The van der Waals surface area contributed by atoms with E-state index >= 15 is 0 Å². The van der Waals surface area contributed by atoms with Gasteiger partial charge in [-0.15, -0.1) is 0 Å². The van der Waals surface area contributed by atoms with Crippen molar-refractivity contribution >= 4 is 32.9 Å². The van der Waals surface area contributed by atoms with Crippen molar-refractivity contribution in [3.63, 3.8) is 0 Å². The SMILES string of the molecule is Cc1nc(N)c2ncn(CCCCNC(=O)NS(=O)(=O)c3ccccc3)c2c1C. The predicted molar refractivity (Wildman–Crippen MR) is 111 cm³/mol. The Morgan fingerprint density at radius 1 is 1.17 bits per heavy atom. The van der Waals surface area contributed by atoms with Crippen molar-refractivity contribution in [3.05, 3.63) is 47.9 Å². The van der Waals surface area contributed by atoms with E-state index in [1.807, 2.05) is 23.1 Å². The first-order chi connectivity index (χ1) is 13.8. The first-order valence-corrected chi connectivity index (χ1v) is 10.7. The first kappa shape index (κ1) is 20.6. The number of sulfonamides is 1. The molecule has 0 radical (unpaired) electrons. The Morgan fingerprint density at radius 2 is 1.90 bits per heavy atom. The molecule has 2 amide bonds.